The van der Waals surface area contributed by atoms with Gasteiger partial charge < -0.3 is 0 Å². The van der Waals surface area contributed by atoms with E-state index in [0.717, 1.165) is 15.8 Å². The van der Waals surface area contributed by atoms with Crippen molar-refractivity contribution in [3.05, 3.63) is 41.7 Å². The molecule has 2 aromatic heterocycles. The molecule has 1 amide bonds. The third-order valence-corrected chi connectivity index (χ3v) is 4.43. The van der Waals surface area contributed by atoms with Gasteiger partial charge in [0, 0.05) is 12.4 Å². The van der Waals surface area contributed by atoms with Gasteiger partial charge in [-0.25, -0.2) is 15.0 Å². The van der Waals surface area contributed by atoms with Crippen LogP contribution < -0.4 is 5.32 Å². The van der Waals surface area contributed by atoms with Crippen LogP contribution in [0.4, 0.5) is 5.13 Å². The van der Waals surface area contributed by atoms with Gasteiger partial charge in [0.05, 0.1) is 15.8 Å². The lowest BCUT2D eigenvalue weighted by molar-refractivity contribution is 0.102. The predicted octanol–water partition coefficient (Wildman–Crippen LogP) is 3.37. The smallest absolute Gasteiger partial charge is 0.260 e. The summed E-state index contributed by atoms with van der Waals surface area (Å²) in [6, 6.07) is 5.98. The Kier molecular flexibility index (Phi) is 3.85. The number of thiazole rings is 1. The van der Waals surface area contributed by atoms with E-state index in [9.17, 15) is 4.79 Å². The van der Waals surface area contributed by atoms with Gasteiger partial charge in [-0.15, -0.1) is 0 Å². The van der Waals surface area contributed by atoms with Crippen LogP contribution in [0.5, 0.6) is 0 Å². The van der Waals surface area contributed by atoms with Crippen molar-refractivity contribution in [3.8, 4) is 0 Å². The number of aryl methyl sites for hydroxylation is 1. The van der Waals surface area contributed by atoms with Crippen molar-refractivity contribution in [1.29, 1.82) is 0 Å². The summed E-state index contributed by atoms with van der Waals surface area (Å²) in [6.07, 6.45) is 4.93. The number of nitrogens with zero attached hydrogens (tertiary/aromatic N) is 3. The molecule has 7 heteroatoms. The standard InChI is InChI=1S/C14H12N4OS2/c1-8-4-3-5-10-11(8)17-14(21-10)18-12(19)9-6-15-13(20-2)16-7-9/h3-7H,1-2H3,(H,17,18,19). The molecule has 0 unspecified atom stereocenters. The number of hydrogen-bond donors (Lipinski definition) is 1. The van der Waals surface area contributed by atoms with E-state index < -0.39 is 0 Å². The number of hydrogen-bond acceptors (Lipinski definition) is 6. The highest BCUT2D eigenvalue weighted by Gasteiger charge is 2.11. The van der Waals surface area contributed by atoms with Gasteiger partial charge in [-0.05, 0) is 24.8 Å². The zero-order valence-corrected chi connectivity index (χ0v) is 13.1. The maximum Gasteiger partial charge on any atom is 0.260 e. The molecule has 1 aromatic carbocycles. The number of benzene rings is 1. The fourth-order valence-corrected chi connectivity index (χ4v) is 3.10. The highest BCUT2D eigenvalue weighted by molar-refractivity contribution is 7.98. The zero-order chi connectivity index (χ0) is 14.8. The van der Waals surface area contributed by atoms with E-state index in [4.69, 9.17) is 0 Å². The number of anilines is 1. The first-order valence-corrected chi connectivity index (χ1v) is 8.25. The van der Waals surface area contributed by atoms with E-state index >= 15 is 0 Å². The third-order valence-electron chi connectivity index (χ3n) is 2.91. The SMILES string of the molecule is CSc1ncc(C(=O)Nc2nc3c(C)cccc3s2)cn1. The molecular formula is C14H12N4OS2. The number of nitrogens with one attached hydrogen (secondary N) is 1. The van der Waals surface area contributed by atoms with Crippen LogP contribution in [-0.2, 0) is 0 Å². The molecule has 1 N–H and O–H groups in total. The molecule has 0 spiro atoms. The first-order chi connectivity index (χ1) is 10.2. The Balaban J connectivity index is 1.83. The molecule has 3 rings (SSSR count). The van der Waals surface area contributed by atoms with Crippen LogP contribution in [0.3, 0.4) is 0 Å². The van der Waals surface area contributed by atoms with Gasteiger partial charge in [0.15, 0.2) is 10.3 Å². The Morgan fingerprint density at radius 2 is 2.05 bits per heavy atom. The molecule has 0 aliphatic heterocycles. The average molecular weight is 316 g/mol. The van der Waals surface area contributed by atoms with Crippen LogP contribution in [0, 0.1) is 6.92 Å². The minimum atomic E-state index is -0.251. The van der Waals surface area contributed by atoms with Crippen molar-refractivity contribution in [3.63, 3.8) is 0 Å². The van der Waals surface area contributed by atoms with Gasteiger partial charge in [0.2, 0.25) is 0 Å². The molecule has 5 nitrogen and oxygen atoms in total. The number of carbonyl (C=O) groups is 1. The quantitative estimate of drug-likeness (QED) is 0.593. The Bertz CT molecular complexity index is 798. The third kappa shape index (κ3) is 2.88. The van der Waals surface area contributed by atoms with Gasteiger partial charge >= 0.3 is 0 Å². The van der Waals surface area contributed by atoms with E-state index in [-0.39, 0.29) is 5.91 Å². The van der Waals surface area contributed by atoms with Crippen molar-refractivity contribution in [2.24, 2.45) is 0 Å². The molecule has 0 fully saturated rings. The van der Waals surface area contributed by atoms with Crippen molar-refractivity contribution >= 4 is 44.4 Å². The normalized spacial score (nSPS) is 10.8. The van der Waals surface area contributed by atoms with Gasteiger partial charge in [0.25, 0.3) is 5.91 Å². The summed E-state index contributed by atoms with van der Waals surface area (Å²) in [7, 11) is 0. The summed E-state index contributed by atoms with van der Waals surface area (Å²) in [5.41, 5.74) is 2.44. The lowest BCUT2D eigenvalue weighted by atomic mass is 10.2. The predicted molar refractivity (Wildman–Crippen MR) is 86.1 cm³/mol. The van der Waals surface area contributed by atoms with Crippen LogP contribution in [0.1, 0.15) is 15.9 Å². The molecule has 106 valence electrons. The number of rotatable bonds is 3. The summed E-state index contributed by atoms with van der Waals surface area (Å²) >= 11 is 2.89. The summed E-state index contributed by atoms with van der Waals surface area (Å²) in [5.74, 6) is -0.251. The van der Waals surface area contributed by atoms with Crippen LogP contribution in [0.2, 0.25) is 0 Å². The second-order valence-corrected chi connectivity index (χ2v) is 6.16. The second kappa shape index (κ2) is 5.79. The fraction of sp³-hybridized carbons (Fsp3) is 0.143. The van der Waals surface area contributed by atoms with Crippen LogP contribution in [-0.4, -0.2) is 27.1 Å². The highest BCUT2D eigenvalue weighted by atomic mass is 32.2. The van der Waals surface area contributed by atoms with Gasteiger partial charge in [-0.3, -0.25) is 10.1 Å². The van der Waals surface area contributed by atoms with Crippen LogP contribution in [0.25, 0.3) is 10.2 Å². The first-order valence-electron chi connectivity index (χ1n) is 6.21. The van der Waals surface area contributed by atoms with Crippen molar-refractivity contribution in [2.75, 3.05) is 11.6 Å². The van der Waals surface area contributed by atoms with Gasteiger partial charge in [0.1, 0.15) is 0 Å². The Hall–Kier alpha value is -1.99. The van der Waals surface area contributed by atoms with E-state index in [1.807, 2.05) is 31.4 Å². The molecular weight excluding hydrogens is 304 g/mol. The van der Waals surface area contributed by atoms with E-state index in [2.05, 4.69) is 20.3 Å². The lowest BCUT2D eigenvalue weighted by Crippen LogP contribution is -2.12. The summed E-state index contributed by atoms with van der Waals surface area (Å²) in [6.45, 7) is 2.00. The van der Waals surface area contributed by atoms with Gasteiger partial charge in [-0.1, -0.05) is 35.2 Å². The topological polar surface area (TPSA) is 67.8 Å². The molecule has 0 saturated heterocycles. The molecule has 2 heterocycles. The van der Waals surface area contributed by atoms with E-state index in [1.165, 1.54) is 35.5 Å². The molecule has 0 saturated carbocycles. The number of aromatic nitrogens is 3. The average Bonchev–Trinajstić information content (AvgIpc) is 2.91. The molecule has 0 aliphatic rings. The minimum absolute atomic E-state index is 0.251. The molecule has 3 aromatic rings. The zero-order valence-electron chi connectivity index (χ0n) is 11.5. The Morgan fingerprint density at radius 1 is 1.29 bits per heavy atom. The number of fused-ring (bicyclic) bond motifs is 1. The fourth-order valence-electron chi connectivity index (χ4n) is 1.85. The van der Waals surface area contributed by atoms with E-state index in [0.29, 0.717) is 15.9 Å². The summed E-state index contributed by atoms with van der Waals surface area (Å²) < 4.78 is 1.05. The molecule has 0 bridgehead atoms. The second-order valence-electron chi connectivity index (χ2n) is 4.35. The first kappa shape index (κ1) is 14.0. The molecule has 0 radical (unpaired) electrons. The number of carbonyl (C=O) groups excluding carboxylic acids is 1. The number of para-hydroxylation sites is 1. The van der Waals surface area contributed by atoms with Crippen molar-refractivity contribution in [1.82, 2.24) is 15.0 Å². The van der Waals surface area contributed by atoms with Crippen LogP contribution in [0.15, 0.2) is 35.7 Å². The summed E-state index contributed by atoms with van der Waals surface area (Å²) in [5, 5.41) is 4.02. The number of amides is 1. The summed E-state index contributed by atoms with van der Waals surface area (Å²) in [4.78, 5) is 24.8. The molecule has 0 aliphatic carbocycles. The Labute approximate surface area is 129 Å². The van der Waals surface area contributed by atoms with Crippen molar-refractivity contribution in [2.45, 2.75) is 12.1 Å². The van der Waals surface area contributed by atoms with E-state index in [1.54, 1.807) is 0 Å². The maximum absolute atomic E-state index is 12.1. The highest BCUT2D eigenvalue weighted by Crippen LogP contribution is 2.28. The van der Waals surface area contributed by atoms with Crippen molar-refractivity contribution < 1.29 is 4.79 Å². The monoisotopic (exact) mass is 316 g/mol. The largest absolute Gasteiger partial charge is 0.298 e. The van der Waals surface area contributed by atoms with Crippen LogP contribution >= 0.6 is 23.1 Å². The van der Waals surface area contributed by atoms with Gasteiger partial charge in [-0.2, -0.15) is 0 Å². The lowest BCUT2D eigenvalue weighted by Gasteiger charge is -2.01. The molecule has 21 heavy (non-hydrogen) atoms. The minimum Gasteiger partial charge on any atom is -0.298 e. The number of thioether (sulfide) groups is 1. The maximum atomic E-state index is 12.1. The Morgan fingerprint density at radius 3 is 2.71 bits per heavy atom. The molecule has 0 atom stereocenters.